The predicted octanol–water partition coefficient (Wildman–Crippen LogP) is 2.45. The molecule has 0 aliphatic heterocycles. The molecule has 4 heteroatoms. The van der Waals surface area contributed by atoms with Crippen molar-refractivity contribution in [1.29, 1.82) is 0 Å². The van der Waals surface area contributed by atoms with Gasteiger partial charge in [0, 0.05) is 32.3 Å². The molecule has 0 radical (unpaired) electrons. The lowest BCUT2D eigenvalue weighted by Crippen LogP contribution is -2.39. The van der Waals surface area contributed by atoms with Crippen molar-refractivity contribution >= 4 is 0 Å². The second-order valence-corrected chi connectivity index (χ2v) is 5.92. The maximum atomic E-state index is 5.56. The summed E-state index contributed by atoms with van der Waals surface area (Å²) in [6, 6.07) is 2.59. The second kappa shape index (κ2) is 7.06. The molecule has 0 aromatic carbocycles. The van der Waals surface area contributed by atoms with Crippen LogP contribution in [0.4, 0.5) is 0 Å². The third kappa shape index (κ3) is 5.33. The topological polar surface area (TPSA) is 39.1 Å². The Morgan fingerprint density at radius 1 is 1.47 bits per heavy atom. The van der Waals surface area contributed by atoms with Gasteiger partial charge in [-0.3, -0.25) is 4.68 Å². The van der Waals surface area contributed by atoms with Crippen LogP contribution in [0.2, 0.25) is 0 Å². The second-order valence-electron chi connectivity index (χ2n) is 5.92. The van der Waals surface area contributed by atoms with Crippen LogP contribution in [0.5, 0.6) is 0 Å². The van der Waals surface area contributed by atoms with Gasteiger partial charge in [0.2, 0.25) is 0 Å². The Kier molecular flexibility index (Phi) is 6.01. The van der Waals surface area contributed by atoms with Gasteiger partial charge in [-0.1, -0.05) is 6.92 Å². The van der Waals surface area contributed by atoms with E-state index in [0.717, 1.165) is 31.5 Å². The van der Waals surface area contributed by atoms with Gasteiger partial charge < -0.3 is 10.1 Å². The van der Waals surface area contributed by atoms with Crippen LogP contribution in [0.25, 0.3) is 0 Å². The summed E-state index contributed by atoms with van der Waals surface area (Å²) in [5.74, 6) is 0. The first-order valence-electron chi connectivity index (χ1n) is 7.16. The highest BCUT2D eigenvalue weighted by Crippen LogP contribution is 2.18. The molecule has 1 N–H and O–H groups in total. The Morgan fingerprint density at radius 3 is 2.63 bits per heavy atom. The molecule has 1 heterocycles. The van der Waals surface area contributed by atoms with Crippen molar-refractivity contribution < 1.29 is 4.74 Å². The lowest BCUT2D eigenvalue weighted by Gasteiger charge is -2.29. The highest BCUT2D eigenvalue weighted by Gasteiger charge is 2.23. The molecule has 0 spiro atoms. The first-order chi connectivity index (χ1) is 8.88. The maximum Gasteiger partial charge on any atom is 0.0637 e. The molecule has 1 atom stereocenters. The fraction of sp³-hybridized carbons (Fsp3) is 0.800. The molecule has 0 aliphatic carbocycles. The molecular formula is C15H29N3O. The number of aryl methyl sites for hydroxylation is 2. The number of rotatable bonds is 8. The van der Waals surface area contributed by atoms with Crippen LogP contribution < -0.4 is 5.32 Å². The minimum atomic E-state index is -0.0982. The van der Waals surface area contributed by atoms with Gasteiger partial charge >= 0.3 is 0 Å². The van der Waals surface area contributed by atoms with Crippen LogP contribution in [0.1, 0.15) is 45.0 Å². The normalized spacial score (nSPS) is 13.8. The van der Waals surface area contributed by atoms with E-state index < -0.39 is 0 Å². The molecular weight excluding hydrogens is 238 g/mol. The van der Waals surface area contributed by atoms with Crippen molar-refractivity contribution in [2.75, 3.05) is 13.7 Å². The summed E-state index contributed by atoms with van der Waals surface area (Å²) >= 11 is 0. The number of aromatic nitrogens is 2. The zero-order chi connectivity index (χ0) is 14.5. The van der Waals surface area contributed by atoms with Crippen LogP contribution in [-0.2, 0) is 18.2 Å². The van der Waals surface area contributed by atoms with Crippen molar-refractivity contribution in [3.8, 4) is 0 Å². The minimum absolute atomic E-state index is 0.0982. The van der Waals surface area contributed by atoms with Crippen molar-refractivity contribution in [3.05, 3.63) is 17.5 Å². The minimum Gasteiger partial charge on any atom is -0.379 e. The van der Waals surface area contributed by atoms with E-state index in [9.17, 15) is 0 Å². The van der Waals surface area contributed by atoms with E-state index >= 15 is 0 Å². The number of methoxy groups -OCH3 is 1. The summed E-state index contributed by atoms with van der Waals surface area (Å²) in [6.07, 6.45) is 3.13. The Labute approximate surface area is 117 Å². The number of nitrogens with one attached hydrogen (secondary N) is 1. The van der Waals surface area contributed by atoms with E-state index in [1.807, 2.05) is 18.7 Å². The molecule has 0 bridgehead atoms. The summed E-state index contributed by atoms with van der Waals surface area (Å²) in [4.78, 5) is 0. The summed E-state index contributed by atoms with van der Waals surface area (Å²) in [6.45, 7) is 9.56. The lowest BCUT2D eigenvalue weighted by molar-refractivity contribution is 0.00700. The quantitative estimate of drug-likeness (QED) is 0.786. The van der Waals surface area contributed by atoms with Crippen LogP contribution in [0.3, 0.4) is 0 Å². The van der Waals surface area contributed by atoms with Gasteiger partial charge in [-0.05, 0) is 46.2 Å². The summed E-state index contributed by atoms with van der Waals surface area (Å²) in [5.41, 5.74) is 2.26. The number of hydrogen-bond donors (Lipinski definition) is 1. The van der Waals surface area contributed by atoms with Crippen LogP contribution >= 0.6 is 0 Å². The molecule has 0 saturated heterocycles. The summed E-state index contributed by atoms with van der Waals surface area (Å²) in [5, 5.41) is 8.04. The van der Waals surface area contributed by atoms with E-state index in [0.29, 0.717) is 6.04 Å². The van der Waals surface area contributed by atoms with Crippen molar-refractivity contribution in [3.63, 3.8) is 0 Å². The average Bonchev–Trinajstić information content (AvgIpc) is 2.64. The van der Waals surface area contributed by atoms with Gasteiger partial charge in [0.15, 0.2) is 0 Å². The van der Waals surface area contributed by atoms with Crippen LogP contribution in [0, 0.1) is 6.92 Å². The number of ether oxygens (including phenoxy) is 1. The fourth-order valence-corrected chi connectivity index (χ4v) is 2.35. The fourth-order valence-electron chi connectivity index (χ4n) is 2.35. The van der Waals surface area contributed by atoms with Gasteiger partial charge in [-0.25, -0.2) is 0 Å². The van der Waals surface area contributed by atoms with Crippen LogP contribution in [-0.4, -0.2) is 35.1 Å². The van der Waals surface area contributed by atoms with E-state index in [1.165, 1.54) is 5.69 Å². The lowest BCUT2D eigenvalue weighted by atomic mass is 9.95. The molecule has 1 aromatic heterocycles. The van der Waals surface area contributed by atoms with Crippen LogP contribution in [0.15, 0.2) is 6.07 Å². The molecule has 1 rings (SSSR count). The molecule has 0 amide bonds. The van der Waals surface area contributed by atoms with Gasteiger partial charge in [0.1, 0.15) is 0 Å². The van der Waals surface area contributed by atoms with E-state index in [2.05, 4.69) is 37.3 Å². The standard InChI is InChI=1S/C15H29N3O/c1-7-8-16-13(11-15(3,4)19-6)10-14-9-12(2)17-18(14)5/h9,13,16H,7-8,10-11H2,1-6H3. The zero-order valence-corrected chi connectivity index (χ0v) is 13.3. The molecule has 0 aliphatic rings. The summed E-state index contributed by atoms with van der Waals surface area (Å²) in [7, 11) is 3.80. The van der Waals surface area contributed by atoms with Gasteiger partial charge in [0.05, 0.1) is 11.3 Å². The zero-order valence-electron chi connectivity index (χ0n) is 13.3. The molecule has 1 aromatic rings. The highest BCUT2D eigenvalue weighted by atomic mass is 16.5. The Morgan fingerprint density at radius 2 is 2.16 bits per heavy atom. The maximum absolute atomic E-state index is 5.56. The Balaban J connectivity index is 2.71. The first-order valence-corrected chi connectivity index (χ1v) is 7.16. The molecule has 0 fully saturated rings. The Hall–Kier alpha value is -0.870. The predicted molar refractivity (Wildman–Crippen MR) is 79.4 cm³/mol. The van der Waals surface area contributed by atoms with E-state index in [4.69, 9.17) is 4.74 Å². The summed E-state index contributed by atoms with van der Waals surface area (Å²) < 4.78 is 7.54. The van der Waals surface area contributed by atoms with Crippen molar-refractivity contribution in [2.45, 2.75) is 58.6 Å². The third-order valence-electron chi connectivity index (χ3n) is 3.53. The van der Waals surface area contributed by atoms with E-state index in [1.54, 1.807) is 7.11 Å². The Bertz CT molecular complexity index is 385. The first kappa shape index (κ1) is 16.2. The number of hydrogen-bond acceptors (Lipinski definition) is 3. The molecule has 110 valence electrons. The van der Waals surface area contributed by atoms with Crippen molar-refractivity contribution in [2.24, 2.45) is 7.05 Å². The molecule has 0 saturated carbocycles. The SMILES string of the molecule is CCCNC(Cc1cc(C)nn1C)CC(C)(C)OC. The monoisotopic (exact) mass is 267 g/mol. The highest BCUT2D eigenvalue weighted by molar-refractivity contribution is 5.10. The molecule has 1 unspecified atom stereocenters. The smallest absolute Gasteiger partial charge is 0.0637 e. The van der Waals surface area contributed by atoms with Gasteiger partial charge in [0.25, 0.3) is 0 Å². The van der Waals surface area contributed by atoms with Crippen molar-refractivity contribution in [1.82, 2.24) is 15.1 Å². The third-order valence-corrected chi connectivity index (χ3v) is 3.53. The van der Waals surface area contributed by atoms with E-state index in [-0.39, 0.29) is 5.60 Å². The average molecular weight is 267 g/mol. The van der Waals surface area contributed by atoms with Gasteiger partial charge in [-0.15, -0.1) is 0 Å². The largest absolute Gasteiger partial charge is 0.379 e. The molecule has 19 heavy (non-hydrogen) atoms. The number of nitrogens with zero attached hydrogens (tertiary/aromatic N) is 2. The van der Waals surface area contributed by atoms with Gasteiger partial charge in [-0.2, -0.15) is 5.10 Å². The molecule has 4 nitrogen and oxygen atoms in total.